The lowest BCUT2D eigenvalue weighted by molar-refractivity contribution is -0.151. The van der Waals surface area contributed by atoms with Gasteiger partial charge in [-0.1, -0.05) is 25.5 Å². The zero-order valence-corrected chi connectivity index (χ0v) is 12.8. The highest BCUT2D eigenvalue weighted by Crippen LogP contribution is 2.29. The number of unbranched alkanes of at least 4 members (excludes halogenated alkanes) is 1. The maximum absolute atomic E-state index is 12.4. The van der Waals surface area contributed by atoms with E-state index in [0.717, 1.165) is 25.0 Å². The molecule has 0 saturated heterocycles. The molecule has 0 saturated carbocycles. The van der Waals surface area contributed by atoms with Gasteiger partial charge in [0, 0.05) is 0 Å². The molecule has 128 valence electrons. The van der Waals surface area contributed by atoms with Crippen molar-refractivity contribution >= 4 is 11.9 Å². The monoisotopic (exact) mass is 332 g/mol. The average Bonchev–Trinajstić information content (AvgIpc) is 2.50. The summed E-state index contributed by atoms with van der Waals surface area (Å²) in [6, 6.07) is 4.34. The van der Waals surface area contributed by atoms with Gasteiger partial charge in [0.15, 0.2) is 0 Å². The molecule has 0 aliphatic carbocycles. The molecule has 7 heteroatoms. The molecule has 0 aromatic heterocycles. The lowest BCUT2D eigenvalue weighted by atomic mass is 10.1. The number of carbonyl (C=O) groups is 2. The molecule has 0 atom stereocenters. The van der Waals surface area contributed by atoms with Crippen molar-refractivity contribution in [2.24, 2.45) is 0 Å². The van der Waals surface area contributed by atoms with Crippen LogP contribution in [0, 0.1) is 0 Å². The number of rotatable bonds is 8. The van der Waals surface area contributed by atoms with E-state index in [1.54, 1.807) is 0 Å². The fraction of sp³-hybridized carbons (Fsp3) is 0.500. The van der Waals surface area contributed by atoms with Crippen molar-refractivity contribution in [2.75, 3.05) is 6.61 Å². The van der Waals surface area contributed by atoms with E-state index in [2.05, 4.69) is 0 Å². The van der Waals surface area contributed by atoms with Crippen LogP contribution in [0.5, 0.6) is 0 Å². The van der Waals surface area contributed by atoms with Crippen molar-refractivity contribution in [2.45, 2.75) is 45.4 Å². The predicted molar refractivity (Wildman–Crippen MR) is 76.3 cm³/mol. The Balaban J connectivity index is 2.29. The highest BCUT2D eigenvalue weighted by molar-refractivity contribution is 5.77. The first kappa shape index (κ1) is 19.0. The summed E-state index contributed by atoms with van der Waals surface area (Å²) in [4.78, 5) is 22.8. The number of hydrogen-bond donors (Lipinski definition) is 0. The van der Waals surface area contributed by atoms with Gasteiger partial charge in [0.05, 0.1) is 25.0 Å². The molecule has 0 bridgehead atoms. The van der Waals surface area contributed by atoms with Gasteiger partial charge in [-0.15, -0.1) is 0 Å². The van der Waals surface area contributed by atoms with Crippen LogP contribution in [0.4, 0.5) is 13.2 Å². The molecule has 0 aliphatic rings. The molecule has 0 amide bonds. The van der Waals surface area contributed by atoms with Gasteiger partial charge in [0.2, 0.25) is 0 Å². The largest absolute Gasteiger partial charge is 0.466 e. The molecular formula is C16H19F3O4. The van der Waals surface area contributed by atoms with Gasteiger partial charge in [0.25, 0.3) is 0 Å². The van der Waals surface area contributed by atoms with E-state index in [0.29, 0.717) is 12.2 Å². The van der Waals surface area contributed by atoms with Crippen molar-refractivity contribution < 1.29 is 32.2 Å². The molecule has 0 fully saturated rings. The molecular weight excluding hydrogens is 313 g/mol. The van der Waals surface area contributed by atoms with E-state index in [4.69, 9.17) is 9.47 Å². The van der Waals surface area contributed by atoms with Gasteiger partial charge in [-0.25, -0.2) is 0 Å². The van der Waals surface area contributed by atoms with Crippen LogP contribution in [0.15, 0.2) is 24.3 Å². The Kier molecular flexibility index (Phi) is 7.57. The molecule has 0 spiro atoms. The fourth-order valence-corrected chi connectivity index (χ4v) is 1.63. The summed E-state index contributed by atoms with van der Waals surface area (Å²) in [6.45, 7) is 2.16. The zero-order chi connectivity index (χ0) is 17.3. The minimum absolute atomic E-state index is 0.0739. The zero-order valence-electron chi connectivity index (χ0n) is 12.8. The lowest BCUT2D eigenvalue weighted by Crippen LogP contribution is -2.11. The number of benzene rings is 1. The first-order valence-electron chi connectivity index (χ1n) is 7.30. The third kappa shape index (κ3) is 7.67. The van der Waals surface area contributed by atoms with Gasteiger partial charge >= 0.3 is 18.1 Å². The van der Waals surface area contributed by atoms with E-state index < -0.39 is 23.7 Å². The SMILES string of the molecule is CCCCOC(=O)CCC(=O)OCc1ccc(C(F)(F)F)cc1. The number of hydrogen-bond acceptors (Lipinski definition) is 4. The average molecular weight is 332 g/mol. The second-order valence-electron chi connectivity index (χ2n) is 4.93. The summed E-state index contributed by atoms with van der Waals surface area (Å²) in [5.74, 6) is -1.07. The number of carbonyl (C=O) groups excluding carboxylic acids is 2. The maximum atomic E-state index is 12.4. The van der Waals surface area contributed by atoms with Crippen molar-refractivity contribution in [3.8, 4) is 0 Å². The Labute approximate surface area is 132 Å². The van der Waals surface area contributed by atoms with Crippen LogP contribution in [0.25, 0.3) is 0 Å². The summed E-state index contributed by atoms with van der Waals surface area (Å²) < 4.78 is 47.0. The Hall–Kier alpha value is -2.05. The third-order valence-electron chi connectivity index (χ3n) is 2.98. The Morgan fingerprint density at radius 1 is 1.00 bits per heavy atom. The molecule has 1 aromatic rings. The topological polar surface area (TPSA) is 52.6 Å². The highest BCUT2D eigenvalue weighted by atomic mass is 19.4. The Morgan fingerprint density at radius 3 is 2.09 bits per heavy atom. The molecule has 4 nitrogen and oxygen atoms in total. The number of esters is 2. The van der Waals surface area contributed by atoms with E-state index in [1.807, 2.05) is 6.92 Å². The molecule has 0 unspecified atom stereocenters. The molecule has 0 N–H and O–H groups in total. The minimum atomic E-state index is -4.40. The first-order chi connectivity index (χ1) is 10.8. The quantitative estimate of drug-likeness (QED) is 0.536. The van der Waals surface area contributed by atoms with Crippen LogP contribution < -0.4 is 0 Å². The molecule has 0 aliphatic heterocycles. The normalized spacial score (nSPS) is 11.1. The third-order valence-corrected chi connectivity index (χ3v) is 2.98. The number of ether oxygens (including phenoxy) is 2. The van der Waals surface area contributed by atoms with Crippen LogP contribution in [-0.4, -0.2) is 18.5 Å². The number of alkyl halides is 3. The fourth-order valence-electron chi connectivity index (χ4n) is 1.63. The van der Waals surface area contributed by atoms with Crippen LogP contribution in [-0.2, 0) is 31.8 Å². The second-order valence-corrected chi connectivity index (χ2v) is 4.93. The van der Waals surface area contributed by atoms with Crippen molar-refractivity contribution in [1.82, 2.24) is 0 Å². The van der Waals surface area contributed by atoms with Gasteiger partial charge < -0.3 is 9.47 Å². The summed E-state index contributed by atoms with van der Waals surface area (Å²) >= 11 is 0. The second kappa shape index (κ2) is 9.17. The Bertz CT molecular complexity index is 509. The molecule has 0 heterocycles. The van der Waals surface area contributed by atoms with E-state index in [-0.39, 0.29) is 19.4 Å². The summed E-state index contributed by atoms with van der Waals surface area (Å²) in [5.41, 5.74) is -0.320. The molecule has 23 heavy (non-hydrogen) atoms. The van der Waals surface area contributed by atoms with Crippen molar-refractivity contribution in [3.63, 3.8) is 0 Å². The highest BCUT2D eigenvalue weighted by Gasteiger charge is 2.29. The first-order valence-corrected chi connectivity index (χ1v) is 7.30. The molecule has 1 aromatic carbocycles. The van der Waals surface area contributed by atoms with Crippen molar-refractivity contribution in [3.05, 3.63) is 35.4 Å². The number of halogens is 3. The molecule has 1 rings (SSSR count). The summed E-state index contributed by atoms with van der Waals surface area (Å²) in [6.07, 6.45) is -2.92. The van der Waals surface area contributed by atoms with Gasteiger partial charge in [0.1, 0.15) is 6.61 Å². The van der Waals surface area contributed by atoms with Crippen LogP contribution in [0.1, 0.15) is 43.7 Å². The van der Waals surface area contributed by atoms with E-state index >= 15 is 0 Å². The smallest absolute Gasteiger partial charge is 0.416 e. The van der Waals surface area contributed by atoms with E-state index in [1.165, 1.54) is 12.1 Å². The standard InChI is InChI=1S/C16H19F3O4/c1-2-3-10-22-14(20)8-9-15(21)23-11-12-4-6-13(7-5-12)16(17,18)19/h4-7H,2-3,8-11H2,1H3. The van der Waals surface area contributed by atoms with Gasteiger partial charge in [-0.05, 0) is 24.1 Å². The van der Waals surface area contributed by atoms with Gasteiger partial charge in [-0.3, -0.25) is 9.59 Å². The summed E-state index contributed by atoms with van der Waals surface area (Å²) in [7, 11) is 0. The Morgan fingerprint density at radius 2 is 1.57 bits per heavy atom. The summed E-state index contributed by atoms with van der Waals surface area (Å²) in [5, 5.41) is 0. The van der Waals surface area contributed by atoms with Gasteiger partial charge in [-0.2, -0.15) is 13.2 Å². The van der Waals surface area contributed by atoms with Crippen molar-refractivity contribution in [1.29, 1.82) is 0 Å². The lowest BCUT2D eigenvalue weighted by Gasteiger charge is -2.08. The van der Waals surface area contributed by atoms with E-state index in [9.17, 15) is 22.8 Å². The van der Waals surface area contributed by atoms with Crippen LogP contribution >= 0.6 is 0 Å². The van der Waals surface area contributed by atoms with Crippen LogP contribution in [0.2, 0.25) is 0 Å². The predicted octanol–water partition coefficient (Wildman–Crippen LogP) is 3.87. The van der Waals surface area contributed by atoms with Crippen LogP contribution in [0.3, 0.4) is 0 Å². The minimum Gasteiger partial charge on any atom is -0.466 e. The maximum Gasteiger partial charge on any atom is 0.416 e. The molecule has 0 radical (unpaired) electrons.